The highest BCUT2D eigenvalue weighted by Crippen LogP contribution is 2.10. The van der Waals surface area contributed by atoms with Gasteiger partial charge in [-0.2, -0.15) is 0 Å². The molecule has 1 aliphatic rings. The number of hydrogen-bond acceptors (Lipinski definition) is 5. The van der Waals surface area contributed by atoms with Crippen LogP contribution in [0.1, 0.15) is 22.8 Å². The molecule has 29 heavy (non-hydrogen) atoms. The Balaban J connectivity index is 0.00000300. The summed E-state index contributed by atoms with van der Waals surface area (Å²) in [6.45, 7) is 6.52. The Morgan fingerprint density at radius 1 is 1.10 bits per heavy atom. The van der Waals surface area contributed by atoms with Gasteiger partial charge in [0.2, 0.25) is 5.95 Å². The molecule has 0 atom stereocenters. The van der Waals surface area contributed by atoms with Gasteiger partial charge in [-0.15, -0.1) is 24.0 Å². The molecule has 0 saturated carbocycles. The fraction of sp³-hybridized carbons (Fsp3) is 0.400. The Bertz CT molecular complexity index is 807. The highest BCUT2D eigenvalue weighted by molar-refractivity contribution is 14.0. The van der Waals surface area contributed by atoms with Crippen molar-refractivity contribution in [3.05, 3.63) is 53.9 Å². The monoisotopic (exact) mass is 509 g/mol. The number of nitrogens with one attached hydrogen (secondary N) is 2. The minimum absolute atomic E-state index is 0. The number of aliphatic imine (C=N–C) groups is 1. The number of halogens is 1. The summed E-state index contributed by atoms with van der Waals surface area (Å²) in [6.07, 6.45) is 3.54. The van der Waals surface area contributed by atoms with Crippen LogP contribution in [0.2, 0.25) is 0 Å². The van der Waals surface area contributed by atoms with Gasteiger partial charge in [0.1, 0.15) is 0 Å². The first-order valence-corrected chi connectivity index (χ1v) is 9.56. The van der Waals surface area contributed by atoms with E-state index in [9.17, 15) is 4.79 Å². The molecule has 9 heteroatoms. The Morgan fingerprint density at radius 2 is 1.83 bits per heavy atom. The smallest absolute Gasteiger partial charge is 0.251 e. The number of anilines is 1. The Morgan fingerprint density at radius 3 is 2.48 bits per heavy atom. The van der Waals surface area contributed by atoms with E-state index in [2.05, 4.69) is 35.4 Å². The molecule has 156 valence electrons. The minimum atomic E-state index is -0.0482. The maximum Gasteiger partial charge on any atom is 0.251 e. The molecule has 1 aromatic carbocycles. The third-order valence-corrected chi connectivity index (χ3v) is 4.60. The summed E-state index contributed by atoms with van der Waals surface area (Å²) < 4.78 is 0. The van der Waals surface area contributed by atoms with Crippen LogP contribution in [0.4, 0.5) is 5.95 Å². The van der Waals surface area contributed by atoms with Crippen molar-refractivity contribution in [3.8, 4) is 0 Å². The molecule has 1 aliphatic heterocycles. The predicted octanol–water partition coefficient (Wildman–Crippen LogP) is 1.74. The molecule has 1 aromatic heterocycles. The van der Waals surface area contributed by atoms with Crippen molar-refractivity contribution in [2.45, 2.75) is 13.5 Å². The van der Waals surface area contributed by atoms with Crippen molar-refractivity contribution >= 4 is 41.8 Å². The Hall–Kier alpha value is -2.43. The topological polar surface area (TPSA) is 85.8 Å². The van der Waals surface area contributed by atoms with E-state index in [-0.39, 0.29) is 29.9 Å². The summed E-state index contributed by atoms with van der Waals surface area (Å²) in [4.78, 5) is 29.5. The lowest BCUT2D eigenvalue weighted by molar-refractivity contribution is 0.0955. The second-order valence-electron chi connectivity index (χ2n) is 6.48. The number of carbonyl (C=O) groups excluding carboxylic acids is 1. The fourth-order valence-corrected chi connectivity index (χ4v) is 3.17. The molecule has 0 aliphatic carbocycles. The molecule has 0 bridgehead atoms. The molecule has 0 radical (unpaired) electrons. The van der Waals surface area contributed by atoms with E-state index in [1.807, 2.05) is 37.3 Å². The summed E-state index contributed by atoms with van der Waals surface area (Å²) >= 11 is 0. The number of nitrogens with zero attached hydrogens (tertiary/aromatic N) is 5. The molecular weight excluding hydrogens is 481 g/mol. The zero-order valence-corrected chi connectivity index (χ0v) is 19.2. The van der Waals surface area contributed by atoms with Gasteiger partial charge in [0.15, 0.2) is 5.96 Å². The third kappa shape index (κ3) is 6.28. The fourth-order valence-electron chi connectivity index (χ4n) is 3.17. The van der Waals surface area contributed by atoms with Crippen molar-refractivity contribution in [1.29, 1.82) is 0 Å². The normalized spacial score (nSPS) is 14.2. The molecule has 1 saturated heterocycles. The van der Waals surface area contributed by atoms with Gasteiger partial charge in [-0.25, -0.2) is 9.97 Å². The van der Waals surface area contributed by atoms with E-state index in [0.29, 0.717) is 18.7 Å². The second-order valence-corrected chi connectivity index (χ2v) is 6.48. The van der Waals surface area contributed by atoms with Crippen LogP contribution >= 0.6 is 24.0 Å². The van der Waals surface area contributed by atoms with Crippen molar-refractivity contribution in [2.75, 3.05) is 44.7 Å². The van der Waals surface area contributed by atoms with E-state index >= 15 is 0 Å². The van der Waals surface area contributed by atoms with E-state index in [1.165, 1.54) is 0 Å². The highest BCUT2D eigenvalue weighted by Gasteiger charge is 2.21. The van der Waals surface area contributed by atoms with Gasteiger partial charge >= 0.3 is 0 Å². The number of piperazine rings is 1. The molecule has 1 amide bonds. The van der Waals surface area contributed by atoms with E-state index < -0.39 is 0 Å². The van der Waals surface area contributed by atoms with Crippen LogP contribution in [0.5, 0.6) is 0 Å². The van der Waals surface area contributed by atoms with Crippen molar-refractivity contribution in [1.82, 2.24) is 25.5 Å². The van der Waals surface area contributed by atoms with E-state index in [1.54, 1.807) is 19.4 Å². The molecule has 2 heterocycles. The van der Waals surface area contributed by atoms with Crippen molar-refractivity contribution in [3.63, 3.8) is 0 Å². The van der Waals surface area contributed by atoms with Crippen LogP contribution in [0.3, 0.4) is 0 Å². The van der Waals surface area contributed by atoms with Crippen molar-refractivity contribution in [2.24, 2.45) is 4.99 Å². The number of aromatic nitrogens is 2. The Labute approximate surface area is 188 Å². The maximum atomic E-state index is 12.0. The van der Waals surface area contributed by atoms with Gasteiger partial charge in [0.05, 0.1) is 0 Å². The third-order valence-electron chi connectivity index (χ3n) is 4.60. The van der Waals surface area contributed by atoms with Crippen LogP contribution in [0.15, 0.2) is 47.7 Å². The van der Waals surface area contributed by atoms with Crippen LogP contribution in [0.25, 0.3) is 0 Å². The van der Waals surface area contributed by atoms with Crippen LogP contribution in [-0.2, 0) is 6.54 Å². The molecule has 0 unspecified atom stereocenters. The summed E-state index contributed by atoms with van der Waals surface area (Å²) in [5.41, 5.74) is 1.72. The first kappa shape index (κ1) is 22.9. The predicted molar refractivity (Wildman–Crippen MR) is 126 cm³/mol. The summed E-state index contributed by atoms with van der Waals surface area (Å²) in [5, 5.41) is 6.23. The van der Waals surface area contributed by atoms with Gasteiger partial charge in [0.25, 0.3) is 5.91 Å². The molecule has 0 spiro atoms. The highest BCUT2D eigenvalue weighted by atomic mass is 127. The molecular formula is C20H28IN7O. The largest absolute Gasteiger partial charge is 0.352 e. The van der Waals surface area contributed by atoms with Crippen LogP contribution in [0, 0.1) is 0 Å². The van der Waals surface area contributed by atoms with Gasteiger partial charge in [-0.3, -0.25) is 9.79 Å². The van der Waals surface area contributed by atoms with E-state index in [4.69, 9.17) is 0 Å². The number of guanidine groups is 1. The first-order valence-electron chi connectivity index (χ1n) is 9.56. The minimum Gasteiger partial charge on any atom is -0.352 e. The standard InChI is InChI=1S/C20H27N7O.HI/c1-3-22-18(28)17-7-4-6-16(14-17)15-25-19(21-2)26-10-12-27(13-11-26)20-23-8-5-9-24-20;/h4-9,14H,3,10-13,15H2,1-2H3,(H,21,25)(H,22,28);1H. The zero-order chi connectivity index (χ0) is 19.8. The molecule has 2 aromatic rings. The quantitative estimate of drug-likeness (QED) is 0.363. The number of carbonyl (C=O) groups is 1. The molecule has 8 nitrogen and oxygen atoms in total. The van der Waals surface area contributed by atoms with Crippen LogP contribution < -0.4 is 15.5 Å². The first-order chi connectivity index (χ1) is 13.7. The van der Waals surface area contributed by atoms with Crippen LogP contribution in [-0.4, -0.2) is 66.5 Å². The number of hydrogen-bond donors (Lipinski definition) is 2. The Kier molecular flexibility index (Phi) is 9.10. The summed E-state index contributed by atoms with van der Waals surface area (Å²) in [6, 6.07) is 9.48. The van der Waals surface area contributed by atoms with Gasteiger partial charge in [-0.05, 0) is 30.7 Å². The average Bonchev–Trinajstić information content (AvgIpc) is 2.76. The zero-order valence-electron chi connectivity index (χ0n) is 16.8. The molecule has 1 fully saturated rings. The summed E-state index contributed by atoms with van der Waals surface area (Å²) in [7, 11) is 1.79. The van der Waals surface area contributed by atoms with Gasteiger partial charge < -0.3 is 20.4 Å². The maximum absolute atomic E-state index is 12.0. The van der Waals surface area contributed by atoms with Gasteiger partial charge in [0, 0.05) is 64.3 Å². The molecule has 2 N–H and O–H groups in total. The SMILES string of the molecule is CCNC(=O)c1cccc(CNC(=NC)N2CCN(c3ncccn3)CC2)c1.I. The average molecular weight is 509 g/mol. The summed E-state index contributed by atoms with van der Waals surface area (Å²) in [5.74, 6) is 1.58. The second kappa shape index (κ2) is 11.5. The lowest BCUT2D eigenvalue weighted by atomic mass is 10.1. The van der Waals surface area contributed by atoms with Crippen molar-refractivity contribution < 1.29 is 4.79 Å². The van der Waals surface area contributed by atoms with Gasteiger partial charge in [-0.1, -0.05) is 12.1 Å². The number of rotatable bonds is 5. The lowest BCUT2D eigenvalue weighted by Crippen LogP contribution is -2.52. The number of benzene rings is 1. The van der Waals surface area contributed by atoms with E-state index in [0.717, 1.165) is 43.7 Å². The number of amides is 1. The lowest BCUT2D eigenvalue weighted by Gasteiger charge is -2.36. The molecule has 3 rings (SSSR count).